The molecular formula is C13H18ClN3O2S2. The fraction of sp³-hybridized carbons (Fsp3) is 0.462. The summed E-state index contributed by atoms with van der Waals surface area (Å²) < 4.78 is 23.8. The van der Waals surface area contributed by atoms with Crippen LogP contribution in [-0.4, -0.2) is 48.8 Å². The van der Waals surface area contributed by atoms with Gasteiger partial charge in [0.15, 0.2) is 9.84 Å². The molecule has 1 unspecified atom stereocenters. The van der Waals surface area contributed by atoms with E-state index in [1.54, 1.807) is 30.0 Å². The summed E-state index contributed by atoms with van der Waals surface area (Å²) in [5.41, 5.74) is 6.84. The van der Waals surface area contributed by atoms with E-state index in [1.807, 2.05) is 4.90 Å². The van der Waals surface area contributed by atoms with Crippen LogP contribution >= 0.6 is 23.4 Å². The Labute approximate surface area is 134 Å². The predicted octanol–water partition coefficient (Wildman–Crippen LogP) is 1.54. The van der Waals surface area contributed by atoms with Gasteiger partial charge in [-0.3, -0.25) is 10.3 Å². The molecular weight excluding hydrogens is 330 g/mol. The summed E-state index contributed by atoms with van der Waals surface area (Å²) in [5.74, 6) is 1.46. The number of benzene rings is 1. The molecule has 1 saturated heterocycles. The van der Waals surface area contributed by atoms with Gasteiger partial charge in [-0.15, -0.1) is 0 Å². The highest BCUT2D eigenvalue weighted by Crippen LogP contribution is 2.25. The summed E-state index contributed by atoms with van der Waals surface area (Å²) in [4.78, 5) is 1.94. The summed E-state index contributed by atoms with van der Waals surface area (Å²) in [6, 6.07) is 5.19. The van der Waals surface area contributed by atoms with Crippen molar-refractivity contribution >= 4 is 39.0 Å². The van der Waals surface area contributed by atoms with Gasteiger partial charge in [-0.05, 0) is 11.6 Å². The van der Waals surface area contributed by atoms with Crippen molar-refractivity contribution in [1.82, 2.24) is 4.90 Å². The first-order valence-corrected chi connectivity index (χ1v) is 9.91. The zero-order chi connectivity index (χ0) is 15.6. The molecule has 1 atom stereocenters. The van der Waals surface area contributed by atoms with Gasteiger partial charge in [-0.1, -0.05) is 23.7 Å². The summed E-state index contributed by atoms with van der Waals surface area (Å²) in [7, 11) is -3.12. The average Bonchev–Trinajstić information content (AvgIpc) is 2.40. The maximum absolute atomic E-state index is 11.9. The third kappa shape index (κ3) is 4.12. The van der Waals surface area contributed by atoms with E-state index in [0.29, 0.717) is 29.4 Å². The van der Waals surface area contributed by atoms with E-state index in [9.17, 15) is 8.42 Å². The summed E-state index contributed by atoms with van der Waals surface area (Å²) in [6.07, 6.45) is 1.27. The molecule has 0 radical (unpaired) electrons. The van der Waals surface area contributed by atoms with Gasteiger partial charge >= 0.3 is 0 Å². The second-order valence-corrected chi connectivity index (χ2v) is 8.81. The van der Waals surface area contributed by atoms with Crippen LogP contribution in [0.15, 0.2) is 18.2 Å². The maximum atomic E-state index is 11.9. The summed E-state index contributed by atoms with van der Waals surface area (Å²) in [5, 5.41) is 7.43. The van der Waals surface area contributed by atoms with Gasteiger partial charge in [0, 0.05) is 41.4 Å². The largest absolute Gasteiger partial charge is 0.384 e. The minimum atomic E-state index is -3.12. The minimum absolute atomic E-state index is 0.0353. The van der Waals surface area contributed by atoms with Crippen molar-refractivity contribution in [2.24, 2.45) is 5.73 Å². The van der Waals surface area contributed by atoms with Crippen LogP contribution in [0.4, 0.5) is 0 Å². The number of hydrogen-bond acceptors (Lipinski definition) is 5. The van der Waals surface area contributed by atoms with Crippen LogP contribution in [0.3, 0.4) is 0 Å². The molecule has 0 aromatic heterocycles. The normalized spacial score (nSPS) is 20.4. The van der Waals surface area contributed by atoms with Crippen LogP contribution in [0.5, 0.6) is 0 Å². The molecule has 8 heteroatoms. The lowest BCUT2D eigenvalue weighted by atomic mass is 10.1. The van der Waals surface area contributed by atoms with Crippen LogP contribution in [0, 0.1) is 5.41 Å². The van der Waals surface area contributed by atoms with Crippen molar-refractivity contribution in [3.05, 3.63) is 34.3 Å². The van der Waals surface area contributed by atoms with Crippen molar-refractivity contribution in [2.75, 3.05) is 24.3 Å². The second kappa shape index (κ2) is 6.56. The first-order valence-electron chi connectivity index (χ1n) is 6.42. The number of nitrogens with two attached hydrogens (primary N) is 1. The van der Waals surface area contributed by atoms with E-state index < -0.39 is 15.2 Å². The number of rotatable bonds is 4. The number of halogens is 1. The molecule has 116 valence electrons. The molecule has 0 amide bonds. The molecule has 0 bridgehead atoms. The molecule has 3 N–H and O–H groups in total. The van der Waals surface area contributed by atoms with Crippen molar-refractivity contribution in [3.63, 3.8) is 0 Å². The molecule has 1 heterocycles. The van der Waals surface area contributed by atoms with Gasteiger partial charge < -0.3 is 5.73 Å². The van der Waals surface area contributed by atoms with Crippen molar-refractivity contribution in [1.29, 1.82) is 5.41 Å². The molecule has 0 aliphatic carbocycles. The molecule has 0 saturated carbocycles. The molecule has 1 fully saturated rings. The second-order valence-electron chi connectivity index (χ2n) is 5.05. The number of sulfone groups is 1. The molecule has 21 heavy (non-hydrogen) atoms. The van der Waals surface area contributed by atoms with E-state index in [1.165, 1.54) is 6.26 Å². The summed E-state index contributed by atoms with van der Waals surface area (Å²) in [6.45, 7) is 1.20. The lowest BCUT2D eigenvalue weighted by Gasteiger charge is -2.34. The molecule has 2 rings (SSSR count). The van der Waals surface area contributed by atoms with Gasteiger partial charge in [0.2, 0.25) is 0 Å². The maximum Gasteiger partial charge on any atom is 0.164 e. The smallest absolute Gasteiger partial charge is 0.164 e. The van der Waals surface area contributed by atoms with E-state index in [2.05, 4.69) is 0 Å². The lowest BCUT2D eigenvalue weighted by Crippen LogP contribution is -2.46. The zero-order valence-corrected chi connectivity index (χ0v) is 14.1. The quantitative estimate of drug-likeness (QED) is 0.637. The van der Waals surface area contributed by atoms with Gasteiger partial charge in [-0.25, -0.2) is 8.42 Å². The standard InChI is InChI=1S/C13H18ClN3O2S2/c1-21(18,19)12-8-20-5-4-17(12)7-10-3-2-9(13(15)16)6-11(10)14/h2-3,6,12H,4-5,7-8H2,1H3,(H3,15,16). The summed E-state index contributed by atoms with van der Waals surface area (Å²) >= 11 is 7.88. The number of amidine groups is 1. The molecule has 1 aliphatic heterocycles. The molecule has 1 aliphatic rings. The topological polar surface area (TPSA) is 87.2 Å². The highest BCUT2D eigenvalue weighted by molar-refractivity contribution is 8.00. The van der Waals surface area contributed by atoms with Crippen molar-refractivity contribution < 1.29 is 8.42 Å². The average molecular weight is 348 g/mol. The molecule has 0 spiro atoms. The third-order valence-electron chi connectivity index (χ3n) is 3.42. The minimum Gasteiger partial charge on any atom is -0.384 e. The highest BCUT2D eigenvalue weighted by Gasteiger charge is 2.31. The Balaban J connectivity index is 2.22. The molecule has 1 aromatic rings. The van der Waals surface area contributed by atoms with Crippen molar-refractivity contribution in [3.8, 4) is 0 Å². The Bertz CT molecular complexity index is 649. The fourth-order valence-corrected chi connectivity index (χ4v) is 5.43. The van der Waals surface area contributed by atoms with Gasteiger partial charge in [0.05, 0.1) is 0 Å². The number of nitrogens with one attached hydrogen (secondary N) is 1. The Morgan fingerprint density at radius 3 is 2.86 bits per heavy atom. The third-order valence-corrected chi connectivity index (χ3v) is 6.46. The number of thioether (sulfide) groups is 1. The monoisotopic (exact) mass is 347 g/mol. The van der Waals surface area contributed by atoms with Crippen LogP contribution in [0.1, 0.15) is 11.1 Å². The number of nitrogen functional groups attached to an aromatic ring is 1. The predicted molar refractivity (Wildman–Crippen MR) is 88.8 cm³/mol. The first kappa shape index (κ1) is 16.6. The fourth-order valence-electron chi connectivity index (χ4n) is 2.25. The molecule has 5 nitrogen and oxygen atoms in total. The van der Waals surface area contributed by atoms with Gasteiger partial charge in [0.1, 0.15) is 11.2 Å². The van der Waals surface area contributed by atoms with Crippen LogP contribution in [0.2, 0.25) is 5.02 Å². The van der Waals surface area contributed by atoms with E-state index in [-0.39, 0.29) is 5.84 Å². The van der Waals surface area contributed by atoms with E-state index in [4.69, 9.17) is 22.7 Å². The Morgan fingerprint density at radius 1 is 1.57 bits per heavy atom. The number of hydrogen-bond donors (Lipinski definition) is 2. The van der Waals surface area contributed by atoms with Crippen LogP contribution in [-0.2, 0) is 16.4 Å². The Morgan fingerprint density at radius 2 is 2.29 bits per heavy atom. The SMILES string of the molecule is CS(=O)(=O)C1CSCCN1Cc1ccc(C(=N)N)cc1Cl. The van der Waals surface area contributed by atoms with Crippen molar-refractivity contribution in [2.45, 2.75) is 11.9 Å². The first-order chi connectivity index (χ1) is 9.79. The molecule has 1 aromatic carbocycles. The van der Waals surface area contributed by atoms with E-state index in [0.717, 1.165) is 11.3 Å². The van der Waals surface area contributed by atoms with E-state index >= 15 is 0 Å². The highest BCUT2D eigenvalue weighted by atomic mass is 35.5. The number of nitrogens with zero attached hydrogens (tertiary/aromatic N) is 1. The van der Waals surface area contributed by atoms with Gasteiger partial charge in [-0.2, -0.15) is 11.8 Å². The Kier molecular flexibility index (Phi) is 5.19. The Hall–Kier alpha value is -0.760. The van der Waals surface area contributed by atoms with Gasteiger partial charge in [0.25, 0.3) is 0 Å². The van der Waals surface area contributed by atoms with Crippen LogP contribution in [0.25, 0.3) is 0 Å². The lowest BCUT2D eigenvalue weighted by molar-refractivity contribution is 0.262. The zero-order valence-electron chi connectivity index (χ0n) is 11.7. The van der Waals surface area contributed by atoms with Crippen LogP contribution < -0.4 is 5.73 Å².